The van der Waals surface area contributed by atoms with E-state index in [1.54, 1.807) is 0 Å². The Labute approximate surface area is 123 Å². The second-order valence-corrected chi connectivity index (χ2v) is 5.77. The molecule has 1 aromatic carbocycles. The monoisotopic (exact) mass is 279 g/mol. The first kappa shape index (κ1) is 17.0. The largest absolute Gasteiger partial charge is 0.491 e. The van der Waals surface area contributed by atoms with E-state index in [4.69, 9.17) is 10.5 Å². The van der Waals surface area contributed by atoms with E-state index in [1.807, 2.05) is 26.0 Å². The van der Waals surface area contributed by atoms with Crippen LogP contribution in [0.25, 0.3) is 0 Å². The predicted octanol–water partition coefficient (Wildman–Crippen LogP) is 1.97. The van der Waals surface area contributed by atoms with Crippen LogP contribution in [0.5, 0.6) is 5.75 Å². The number of rotatable bonds is 8. The predicted molar refractivity (Wildman–Crippen MR) is 85.2 cm³/mol. The Kier molecular flexibility index (Phi) is 6.99. The summed E-state index contributed by atoms with van der Waals surface area (Å²) >= 11 is 0. The van der Waals surface area contributed by atoms with E-state index in [1.165, 1.54) is 5.56 Å². The summed E-state index contributed by atoms with van der Waals surface area (Å²) in [5.74, 6) is 0.914. The summed E-state index contributed by atoms with van der Waals surface area (Å²) in [5, 5.41) is 0. The number of ether oxygens (including phenoxy) is 1. The first-order chi connectivity index (χ1) is 9.43. The van der Waals surface area contributed by atoms with Gasteiger partial charge in [-0.1, -0.05) is 12.1 Å². The minimum Gasteiger partial charge on any atom is -0.491 e. The van der Waals surface area contributed by atoms with Crippen molar-refractivity contribution >= 4 is 0 Å². The lowest BCUT2D eigenvalue weighted by Gasteiger charge is -2.28. The Hall–Kier alpha value is -1.10. The van der Waals surface area contributed by atoms with E-state index in [-0.39, 0.29) is 12.1 Å². The van der Waals surface area contributed by atoms with Crippen molar-refractivity contribution in [3.8, 4) is 5.75 Å². The zero-order valence-electron chi connectivity index (χ0n) is 13.5. The van der Waals surface area contributed by atoms with Crippen molar-refractivity contribution in [1.82, 2.24) is 9.80 Å². The average molecular weight is 279 g/mol. The lowest BCUT2D eigenvalue weighted by atomic mass is 10.1. The summed E-state index contributed by atoms with van der Waals surface area (Å²) in [7, 11) is 6.29. The zero-order valence-corrected chi connectivity index (χ0v) is 13.5. The molecule has 0 amide bonds. The second kappa shape index (κ2) is 8.25. The highest BCUT2D eigenvalue weighted by Gasteiger charge is 2.16. The number of hydrogen-bond donors (Lipinski definition) is 1. The molecular weight excluding hydrogens is 250 g/mol. The van der Waals surface area contributed by atoms with Gasteiger partial charge in [0.15, 0.2) is 0 Å². The summed E-state index contributed by atoms with van der Waals surface area (Å²) in [6.07, 6.45) is 0.188. The molecule has 4 nitrogen and oxygen atoms in total. The maximum atomic E-state index is 5.97. The first-order valence-electron chi connectivity index (χ1n) is 7.25. The molecule has 0 saturated carbocycles. The standard InChI is InChI=1S/C16H29N3O/c1-13(2)20-15-8-6-7-14(11-15)16(12-17)19(5)10-9-18(3)4/h6-8,11,13,16H,9-10,12,17H2,1-5H3. The smallest absolute Gasteiger partial charge is 0.120 e. The van der Waals surface area contributed by atoms with Gasteiger partial charge >= 0.3 is 0 Å². The van der Waals surface area contributed by atoms with Crippen molar-refractivity contribution in [1.29, 1.82) is 0 Å². The van der Waals surface area contributed by atoms with E-state index >= 15 is 0 Å². The molecule has 1 aromatic rings. The summed E-state index contributed by atoms with van der Waals surface area (Å²) in [5.41, 5.74) is 7.18. The molecule has 0 radical (unpaired) electrons. The Morgan fingerprint density at radius 2 is 1.85 bits per heavy atom. The third-order valence-electron chi connectivity index (χ3n) is 3.27. The van der Waals surface area contributed by atoms with Gasteiger partial charge in [0.2, 0.25) is 0 Å². The molecule has 0 saturated heterocycles. The van der Waals surface area contributed by atoms with Crippen LogP contribution in [-0.4, -0.2) is 56.7 Å². The van der Waals surface area contributed by atoms with Gasteiger partial charge in [-0.25, -0.2) is 0 Å². The molecule has 0 bridgehead atoms. The van der Waals surface area contributed by atoms with Crippen LogP contribution in [-0.2, 0) is 0 Å². The second-order valence-electron chi connectivity index (χ2n) is 5.77. The minimum atomic E-state index is 0.188. The van der Waals surface area contributed by atoms with Gasteiger partial charge in [-0.2, -0.15) is 0 Å². The molecule has 0 aliphatic carbocycles. The van der Waals surface area contributed by atoms with Crippen LogP contribution in [0.4, 0.5) is 0 Å². The highest BCUT2D eigenvalue weighted by molar-refractivity contribution is 5.31. The van der Waals surface area contributed by atoms with Crippen molar-refractivity contribution in [2.75, 3.05) is 40.8 Å². The van der Waals surface area contributed by atoms with Crippen LogP contribution >= 0.6 is 0 Å². The molecule has 0 aliphatic heterocycles. The molecule has 0 aliphatic rings. The average Bonchev–Trinajstić information content (AvgIpc) is 2.37. The number of hydrogen-bond acceptors (Lipinski definition) is 4. The van der Waals surface area contributed by atoms with Crippen molar-refractivity contribution in [2.24, 2.45) is 5.73 Å². The van der Waals surface area contributed by atoms with Crippen LogP contribution in [0.1, 0.15) is 25.5 Å². The minimum absolute atomic E-state index is 0.188. The molecule has 2 N–H and O–H groups in total. The molecule has 4 heteroatoms. The lowest BCUT2D eigenvalue weighted by Crippen LogP contribution is -2.35. The molecule has 114 valence electrons. The highest BCUT2D eigenvalue weighted by atomic mass is 16.5. The van der Waals surface area contributed by atoms with E-state index in [0.29, 0.717) is 6.54 Å². The quantitative estimate of drug-likeness (QED) is 0.790. The van der Waals surface area contributed by atoms with Crippen LogP contribution < -0.4 is 10.5 Å². The molecular formula is C16H29N3O. The fourth-order valence-electron chi connectivity index (χ4n) is 2.15. The van der Waals surface area contributed by atoms with Gasteiger partial charge in [0.1, 0.15) is 5.75 Å². The summed E-state index contributed by atoms with van der Waals surface area (Å²) in [6, 6.07) is 8.48. The molecule has 1 rings (SSSR count). The first-order valence-corrected chi connectivity index (χ1v) is 7.25. The summed E-state index contributed by atoms with van der Waals surface area (Å²) < 4.78 is 5.76. The van der Waals surface area contributed by atoms with Crippen molar-refractivity contribution in [2.45, 2.75) is 26.0 Å². The fraction of sp³-hybridized carbons (Fsp3) is 0.625. The van der Waals surface area contributed by atoms with Gasteiger partial charge in [-0.05, 0) is 52.7 Å². The van der Waals surface area contributed by atoms with Crippen LogP contribution in [0.15, 0.2) is 24.3 Å². The molecule has 0 aromatic heterocycles. The van der Waals surface area contributed by atoms with E-state index in [0.717, 1.165) is 18.8 Å². The van der Waals surface area contributed by atoms with Crippen LogP contribution in [0.2, 0.25) is 0 Å². The molecule has 1 atom stereocenters. The topological polar surface area (TPSA) is 41.7 Å². The summed E-state index contributed by atoms with van der Waals surface area (Å²) in [4.78, 5) is 4.48. The Morgan fingerprint density at radius 3 is 2.40 bits per heavy atom. The third-order valence-corrected chi connectivity index (χ3v) is 3.27. The van der Waals surface area contributed by atoms with Gasteiger partial charge in [0.25, 0.3) is 0 Å². The maximum Gasteiger partial charge on any atom is 0.120 e. The number of likely N-dealkylation sites (N-methyl/N-ethyl adjacent to an activating group) is 2. The Bertz CT molecular complexity index is 393. The van der Waals surface area contributed by atoms with Crippen LogP contribution in [0, 0.1) is 0 Å². The SMILES string of the molecule is CC(C)Oc1cccc(C(CN)N(C)CCN(C)C)c1. The van der Waals surface area contributed by atoms with Crippen molar-refractivity contribution < 1.29 is 4.74 Å². The van der Waals surface area contributed by atoms with Gasteiger partial charge in [-0.15, -0.1) is 0 Å². The normalized spacial score (nSPS) is 13.2. The van der Waals surface area contributed by atoms with Gasteiger partial charge in [0.05, 0.1) is 6.10 Å². The van der Waals surface area contributed by atoms with Crippen molar-refractivity contribution in [3.63, 3.8) is 0 Å². The maximum absolute atomic E-state index is 5.97. The third kappa shape index (κ3) is 5.49. The Balaban J connectivity index is 2.78. The molecule has 0 spiro atoms. The van der Waals surface area contributed by atoms with Gasteiger partial charge < -0.3 is 15.4 Å². The Morgan fingerprint density at radius 1 is 1.15 bits per heavy atom. The number of nitrogens with two attached hydrogens (primary N) is 1. The molecule has 0 fully saturated rings. The molecule has 1 unspecified atom stereocenters. The zero-order chi connectivity index (χ0) is 15.1. The van der Waals surface area contributed by atoms with Crippen molar-refractivity contribution in [3.05, 3.63) is 29.8 Å². The number of nitrogens with zero attached hydrogens (tertiary/aromatic N) is 2. The lowest BCUT2D eigenvalue weighted by molar-refractivity contribution is 0.220. The van der Waals surface area contributed by atoms with E-state index in [9.17, 15) is 0 Å². The fourth-order valence-corrected chi connectivity index (χ4v) is 2.15. The van der Waals surface area contributed by atoms with Crippen LogP contribution in [0.3, 0.4) is 0 Å². The van der Waals surface area contributed by atoms with Gasteiger partial charge in [-0.3, -0.25) is 4.90 Å². The molecule has 20 heavy (non-hydrogen) atoms. The number of benzene rings is 1. The van der Waals surface area contributed by atoms with E-state index in [2.05, 4.69) is 43.1 Å². The van der Waals surface area contributed by atoms with E-state index < -0.39 is 0 Å². The van der Waals surface area contributed by atoms with Gasteiger partial charge in [0, 0.05) is 25.7 Å². The highest BCUT2D eigenvalue weighted by Crippen LogP contribution is 2.23. The molecule has 0 heterocycles. The summed E-state index contributed by atoms with van der Waals surface area (Å²) in [6.45, 7) is 6.70.